The highest BCUT2D eigenvalue weighted by molar-refractivity contribution is 14.0. The van der Waals surface area contributed by atoms with E-state index in [1.54, 1.807) is 7.05 Å². The summed E-state index contributed by atoms with van der Waals surface area (Å²) in [6.45, 7) is 6.67. The van der Waals surface area contributed by atoms with E-state index in [2.05, 4.69) is 36.4 Å². The van der Waals surface area contributed by atoms with E-state index in [-0.39, 0.29) is 30.0 Å². The molecule has 0 radical (unpaired) electrons. The number of guanidine groups is 1. The Hall–Kier alpha value is -0.990. The van der Waals surface area contributed by atoms with Crippen molar-refractivity contribution in [2.24, 2.45) is 10.9 Å². The number of nitrogens with zero attached hydrogens (tertiary/aromatic N) is 1. The smallest absolute Gasteiger partial charge is 0.354 e. The lowest BCUT2D eigenvalue weighted by Gasteiger charge is -2.20. The lowest BCUT2D eigenvalue weighted by Crippen LogP contribution is -2.43. The number of rotatable bonds is 4. The highest BCUT2D eigenvalue weighted by atomic mass is 127. The van der Waals surface area contributed by atoms with Gasteiger partial charge in [-0.15, -0.1) is 24.0 Å². The molecule has 0 heterocycles. The van der Waals surface area contributed by atoms with Gasteiger partial charge in [-0.1, -0.05) is 26.0 Å². The average Bonchev–Trinajstić information content (AvgIpc) is 2.42. The molecule has 1 atom stereocenters. The van der Waals surface area contributed by atoms with Crippen molar-refractivity contribution in [3.8, 4) is 0 Å². The first-order chi connectivity index (χ1) is 9.74. The Morgan fingerprint density at radius 3 is 2.09 bits per heavy atom. The topological polar surface area (TPSA) is 36.4 Å². The van der Waals surface area contributed by atoms with Crippen LogP contribution in [0.25, 0.3) is 0 Å². The molecule has 0 saturated carbocycles. The lowest BCUT2D eigenvalue weighted by molar-refractivity contribution is -0.137. The summed E-state index contributed by atoms with van der Waals surface area (Å²) in [7, 11) is 1.66. The molecule has 0 spiro atoms. The van der Waals surface area contributed by atoms with E-state index in [1.807, 2.05) is 0 Å². The molecule has 0 aliphatic rings. The molecule has 0 aromatic heterocycles. The van der Waals surface area contributed by atoms with Gasteiger partial charge in [0, 0.05) is 19.6 Å². The molecule has 7 heteroatoms. The Balaban J connectivity index is 0.00000441. The number of hydrogen-bond acceptors (Lipinski definition) is 1. The Labute approximate surface area is 146 Å². The summed E-state index contributed by atoms with van der Waals surface area (Å²) in [5.41, 5.74) is 0.130. The Bertz CT molecular complexity index is 470. The van der Waals surface area contributed by atoms with Crippen LogP contribution in [0.3, 0.4) is 0 Å². The first-order valence-electron chi connectivity index (χ1n) is 6.87. The fourth-order valence-electron chi connectivity index (χ4n) is 1.57. The fraction of sp³-hybridized carbons (Fsp3) is 0.533. The van der Waals surface area contributed by atoms with Gasteiger partial charge in [-0.25, -0.2) is 0 Å². The molecule has 3 nitrogen and oxygen atoms in total. The van der Waals surface area contributed by atoms with Gasteiger partial charge in [0.2, 0.25) is 0 Å². The van der Waals surface area contributed by atoms with Gasteiger partial charge in [0.15, 0.2) is 5.96 Å². The Kier molecular flexibility index (Phi) is 8.80. The first kappa shape index (κ1) is 21.0. The van der Waals surface area contributed by atoms with Crippen molar-refractivity contribution in [1.29, 1.82) is 0 Å². The van der Waals surface area contributed by atoms with Crippen LogP contribution < -0.4 is 10.6 Å². The standard InChI is InChI=1S/C15H22F3N3.HI/c1-10(2)11(3)21-14(19-4)20-9-12-5-7-13(8-6-12)15(16,17)18;/h5-8,10-11H,9H2,1-4H3,(H2,19,20,21);1H. The molecule has 0 amide bonds. The van der Waals surface area contributed by atoms with Crippen LogP contribution >= 0.6 is 24.0 Å². The number of benzene rings is 1. The van der Waals surface area contributed by atoms with Crippen molar-refractivity contribution in [3.05, 3.63) is 35.4 Å². The van der Waals surface area contributed by atoms with Gasteiger partial charge in [-0.05, 0) is 30.5 Å². The largest absolute Gasteiger partial charge is 0.416 e. The summed E-state index contributed by atoms with van der Waals surface area (Å²) in [6.07, 6.45) is -4.30. The van der Waals surface area contributed by atoms with Crippen molar-refractivity contribution in [3.63, 3.8) is 0 Å². The second-order valence-electron chi connectivity index (χ2n) is 5.30. The summed E-state index contributed by atoms with van der Waals surface area (Å²) in [4.78, 5) is 4.10. The van der Waals surface area contributed by atoms with Gasteiger partial charge in [-0.2, -0.15) is 13.2 Å². The zero-order chi connectivity index (χ0) is 16.0. The Morgan fingerprint density at radius 2 is 1.68 bits per heavy atom. The molecule has 2 N–H and O–H groups in total. The lowest BCUT2D eigenvalue weighted by atomic mass is 10.1. The van der Waals surface area contributed by atoms with Gasteiger partial charge in [0.05, 0.1) is 5.56 Å². The zero-order valence-corrected chi connectivity index (χ0v) is 15.5. The van der Waals surface area contributed by atoms with E-state index in [9.17, 15) is 13.2 Å². The average molecular weight is 429 g/mol. The van der Waals surface area contributed by atoms with E-state index >= 15 is 0 Å². The molecule has 0 saturated heterocycles. The van der Waals surface area contributed by atoms with Crippen molar-refractivity contribution in [1.82, 2.24) is 10.6 Å². The molecule has 1 aromatic rings. The summed E-state index contributed by atoms with van der Waals surface area (Å²) in [5, 5.41) is 6.32. The normalized spacial score (nSPS) is 13.5. The van der Waals surface area contributed by atoms with Crippen molar-refractivity contribution >= 4 is 29.9 Å². The third-order valence-electron chi connectivity index (χ3n) is 3.33. The third kappa shape index (κ3) is 6.85. The minimum Gasteiger partial charge on any atom is -0.354 e. The van der Waals surface area contributed by atoms with Crippen molar-refractivity contribution in [2.45, 2.75) is 39.5 Å². The minimum absolute atomic E-state index is 0. The molecular weight excluding hydrogens is 406 g/mol. The maximum Gasteiger partial charge on any atom is 0.416 e. The van der Waals surface area contributed by atoms with Gasteiger partial charge < -0.3 is 10.6 Å². The Morgan fingerprint density at radius 1 is 1.14 bits per heavy atom. The predicted octanol–water partition coefficient (Wildman–Crippen LogP) is 4.03. The maximum absolute atomic E-state index is 12.5. The molecule has 0 aliphatic carbocycles. The summed E-state index contributed by atoms with van der Waals surface area (Å²) in [5.74, 6) is 1.09. The zero-order valence-electron chi connectivity index (χ0n) is 13.2. The summed E-state index contributed by atoms with van der Waals surface area (Å²) in [6, 6.07) is 5.36. The van der Waals surface area contributed by atoms with Crippen LogP contribution in [0.5, 0.6) is 0 Å². The van der Waals surface area contributed by atoms with Crippen molar-refractivity contribution < 1.29 is 13.2 Å². The monoisotopic (exact) mass is 429 g/mol. The number of alkyl halides is 3. The molecule has 0 bridgehead atoms. The predicted molar refractivity (Wildman–Crippen MR) is 94.5 cm³/mol. The van der Waals surface area contributed by atoms with Crippen LogP contribution in [-0.2, 0) is 12.7 Å². The SMILES string of the molecule is CN=C(NCc1ccc(C(F)(F)F)cc1)NC(C)C(C)C.I. The van der Waals surface area contributed by atoms with Crippen LogP contribution in [0.15, 0.2) is 29.3 Å². The molecule has 0 aliphatic heterocycles. The van der Waals surface area contributed by atoms with Gasteiger partial charge in [0.25, 0.3) is 0 Å². The number of hydrogen-bond donors (Lipinski definition) is 2. The van der Waals surface area contributed by atoms with Crippen LogP contribution in [0.4, 0.5) is 13.2 Å². The molecule has 0 fully saturated rings. The van der Waals surface area contributed by atoms with Crippen LogP contribution in [-0.4, -0.2) is 19.0 Å². The number of nitrogens with one attached hydrogen (secondary N) is 2. The third-order valence-corrected chi connectivity index (χ3v) is 3.33. The van der Waals surface area contributed by atoms with Gasteiger partial charge in [-0.3, -0.25) is 4.99 Å². The highest BCUT2D eigenvalue weighted by Gasteiger charge is 2.29. The fourth-order valence-corrected chi connectivity index (χ4v) is 1.57. The van der Waals surface area contributed by atoms with E-state index in [4.69, 9.17) is 0 Å². The van der Waals surface area contributed by atoms with E-state index in [0.29, 0.717) is 18.4 Å². The summed E-state index contributed by atoms with van der Waals surface area (Å²) < 4.78 is 37.4. The minimum atomic E-state index is -4.30. The number of halogens is 4. The molecule has 1 aromatic carbocycles. The molecule has 22 heavy (non-hydrogen) atoms. The summed E-state index contributed by atoms with van der Waals surface area (Å²) >= 11 is 0. The second kappa shape index (κ2) is 9.22. The molecule has 1 rings (SSSR count). The van der Waals surface area contributed by atoms with Crippen LogP contribution in [0, 0.1) is 5.92 Å². The molecule has 1 unspecified atom stereocenters. The molecule has 126 valence electrons. The quantitative estimate of drug-likeness (QED) is 0.431. The maximum atomic E-state index is 12.5. The van der Waals surface area contributed by atoms with E-state index in [0.717, 1.165) is 17.7 Å². The highest BCUT2D eigenvalue weighted by Crippen LogP contribution is 2.28. The first-order valence-corrected chi connectivity index (χ1v) is 6.87. The number of aliphatic imine (C=N–C) groups is 1. The van der Waals surface area contributed by atoms with Gasteiger partial charge >= 0.3 is 6.18 Å². The van der Waals surface area contributed by atoms with E-state index in [1.165, 1.54) is 12.1 Å². The van der Waals surface area contributed by atoms with E-state index < -0.39 is 11.7 Å². The van der Waals surface area contributed by atoms with Crippen molar-refractivity contribution in [2.75, 3.05) is 7.05 Å². The van der Waals surface area contributed by atoms with Crippen LogP contribution in [0.1, 0.15) is 31.9 Å². The molecular formula is C15H23F3IN3. The second-order valence-corrected chi connectivity index (χ2v) is 5.30. The van der Waals surface area contributed by atoms with Gasteiger partial charge in [0.1, 0.15) is 0 Å². The van der Waals surface area contributed by atoms with Crippen LogP contribution in [0.2, 0.25) is 0 Å².